The van der Waals surface area contributed by atoms with E-state index in [2.05, 4.69) is 22.6 Å². The third-order valence-corrected chi connectivity index (χ3v) is 2.86. The van der Waals surface area contributed by atoms with Crippen molar-refractivity contribution in [3.63, 3.8) is 0 Å². The Labute approximate surface area is 83.8 Å². The second-order valence-corrected chi connectivity index (χ2v) is 3.55. The zero-order chi connectivity index (χ0) is 8.43. The second kappa shape index (κ2) is 3.49. The van der Waals surface area contributed by atoms with Crippen LogP contribution in [0.2, 0.25) is 5.02 Å². The first-order valence-electron chi connectivity index (χ1n) is 2.93. The molecule has 60 valence electrons. The fourth-order valence-electron chi connectivity index (χ4n) is 0.702. The number of nitrogen functional groups attached to an aromatic ring is 1. The first-order chi connectivity index (χ1) is 5.15. The molecular weight excluding hydrogens is 276 g/mol. The highest BCUT2D eigenvalue weighted by Gasteiger charge is 2.03. The molecule has 0 saturated carbocycles. The Morgan fingerprint density at radius 2 is 2.18 bits per heavy atom. The monoisotopic (exact) mass is 283 g/mol. The molecule has 0 aliphatic heterocycles. The Balaban J connectivity index is 3.21. The average Bonchev–Trinajstić information content (AvgIpc) is 1.99. The fraction of sp³-hybridized carbons (Fsp3) is 0.143. The van der Waals surface area contributed by atoms with Crippen LogP contribution in [0.15, 0.2) is 12.1 Å². The summed E-state index contributed by atoms with van der Waals surface area (Å²) < 4.78 is 5.89. The van der Waals surface area contributed by atoms with E-state index in [1.54, 1.807) is 13.2 Å². The molecule has 2 nitrogen and oxygen atoms in total. The summed E-state index contributed by atoms with van der Waals surface area (Å²) in [6, 6.07) is 3.53. The van der Waals surface area contributed by atoms with E-state index in [-0.39, 0.29) is 0 Å². The molecule has 1 aromatic carbocycles. The maximum atomic E-state index is 5.82. The quantitative estimate of drug-likeness (QED) is 0.635. The van der Waals surface area contributed by atoms with Crippen molar-refractivity contribution in [3.8, 4) is 5.75 Å². The van der Waals surface area contributed by atoms with Gasteiger partial charge < -0.3 is 10.5 Å². The number of hydrogen-bond donors (Lipinski definition) is 1. The standard InChI is InChI=1S/C7H7ClINO/c1-11-4-2-5(9)7(8)6(10)3-4/h2-3H,10H2,1H3. The minimum atomic E-state index is 0.551. The van der Waals surface area contributed by atoms with Crippen molar-refractivity contribution in [3.05, 3.63) is 20.7 Å². The van der Waals surface area contributed by atoms with Crippen LogP contribution < -0.4 is 10.5 Å². The number of benzene rings is 1. The van der Waals surface area contributed by atoms with Crippen LogP contribution in [-0.2, 0) is 0 Å². The molecule has 0 aliphatic rings. The second-order valence-electron chi connectivity index (χ2n) is 2.01. The predicted molar refractivity (Wildman–Crippen MR) is 55.1 cm³/mol. The number of nitrogens with two attached hydrogens (primary N) is 1. The molecule has 11 heavy (non-hydrogen) atoms. The van der Waals surface area contributed by atoms with Gasteiger partial charge in [0.25, 0.3) is 0 Å². The fourth-order valence-corrected chi connectivity index (χ4v) is 1.43. The number of anilines is 1. The number of hydrogen-bond acceptors (Lipinski definition) is 2. The summed E-state index contributed by atoms with van der Waals surface area (Å²) in [5, 5.41) is 0.589. The predicted octanol–water partition coefficient (Wildman–Crippen LogP) is 2.54. The van der Waals surface area contributed by atoms with Crippen LogP contribution in [0.4, 0.5) is 5.69 Å². The smallest absolute Gasteiger partial charge is 0.122 e. The van der Waals surface area contributed by atoms with E-state index in [0.29, 0.717) is 10.7 Å². The molecule has 0 fully saturated rings. The van der Waals surface area contributed by atoms with Crippen LogP contribution in [0.3, 0.4) is 0 Å². The highest BCUT2D eigenvalue weighted by molar-refractivity contribution is 14.1. The topological polar surface area (TPSA) is 35.2 Å². The molecule has 4 heteroatoms. The molecule has 0 amide bonds. The summed E-state index contributed by atoms with van der Waals surface area (Å²) in [6.45, 7) is 0. The van der Waals surface area contributed by atoms with Gasteiger partial charge in [-0.15, -0.1) is 0 Å². The Hall–Kier alpha value is -0.160. The van der Waals surface area contributed by atoms with E-state index in [1.165, 1.54) is 0 Å². The molecule has 2 N–H and O–H groups in total. The minimum absolute atomic E-state index is 0.551. The SMILES string of the molecule is COc1cc(N)c(Cl)c(I)c1. The largest absolute Gasteiger partial charge is 0.497 e. The van der Waals surface area contributed by atoms with E-state index in [9.17, 15) is 0 Å². The first kappa shape index (κ1) is 8.93. The molecule has 1 rings (SSSR count). The molecule has 0 radical (unpaired) electrons. The van der Waals surface area contributed by atoms with Crippen molar-refractivity contribution in [2.75, 3.05) is 12.8 Å². The lowest BCUT2D eigenvalue weighted by molar-refractivity contribution is 0.415. The van der Waals surface area contributed by atoms with Crippen LogP contribution in [0.5, 0.6) is 5.75 Å². The molecule has 0 spiro atoms. The van der Waals surface area contributed by atoms with Crippen LogP contribution in [0, 0.1) is 3.57 Å². The number of methoxy groups -OCH3 is 1. The maximum Gasteiger partial charge on any atom is 0.122 e. The summed E-state index contributed by atoms with van der Waals surface area (Å²) in [6.07, 6.45) is 0. The number of rotatable bonds is 1. The molecule has 1 aromatic rings. The molecule has 0 unspecified atom stereocenters. The number of halogens is 2. The van der Waals surface area contributed by atoms with Crippen LogP contribution in [0.25, 0.3) is 0 Å². The zero-order valence-electron chi connectivity index (χ0n) is 5.90. The molecule has 0 saturated heterocycles. The van der Waals surface area contributed by atoms with Crippen LogP contribution in [0.1, 0.15) is 0 Å². The summed E-state index contributed by atoms with van der Waals surface area (Å²) >= 11 is 7.93. The normalized spacial score (nSPS) is 9.73. The van der Waals surface area contributed by atoms with Crippen molar-refractivity contribution in [2.45, 2.75) is 0 Å². The summed E-state index contributed by atoms with van der Waals surface area (Å²) in [5.74, 6) is 0.733. The van der Waals surface area contributed by atoms with Gasteiger partial charge in [0, 0.05) is 9.64 Å². The molecule has 0 atom stereocenters. The Kier molecular flexibility index (Phi) is 2.84. The Morgan fingerprint density at radius 3 is 2.64 bits per heavy atom. The Bertz CT molecular complexity index is 254. The zero-order valence-corrected chi connectivity index (χ0v) is 8.81. The lowest BCUT2D eigenvalue weighted by Crippen LogP contribution is -1.91. The van der Waals surface area contributed by atoms with Crippen LogP contribution in [-0.4, -0.2) is 7.11 Å². The van der Waals surface area contributed by atoms with Gasteiger partial charge in [-0.2, -0.15) is 0 Å². The maximum absolute atomic E-state index is 5.82. The van der Waals surface area contributed by atoms with Gasteiger partial charge in [0.05, 0.1) is 17.8 Å². The first-order valence-corrected chi connectivity index (χ1v) is 4.39. The molecule has 0 bridgehead atoms. The molecule has 0 aromatic heterocycles. The van der Waals surface area contributed by atoms with E-state index in [0.717, 1.165) is 9.32 Å². The van der Waals surface area contributed by atoms with Crippen molar-refractivity contribution >= 4 is 39.9 Å². The highest BCUT2D eigenvalue weighted by atomic mass is 127. The molecule has 0 aliphatic carbocycles. The number of ether oxygens (including phenoxy) is 1. The van der Waals surface area contributed by atoms with Crippen molar-refractivity contribution in [1.29, 1.82) is 0 Å². The molecular formula is C7H7ClINO. The van der Waals surface area contributed by atoms with E-state index in [1.807, 2.05) is 6.07 Å². The third-order valence-electron chi connectivity index (χ3n) is 1.27. The Morgan fingerprint density at radius 1 is 1.55 bits per heavy atom. The lowest BCUT2D eigenvalue weighted by Gasteiger charge is -2.04. The highest BCUT2D eigenvalue weighted by Crippen LogP contribution is 2.29. The van der Waals surface area contributed by atoms with E-state index >= 15 is 0 Å². The van der Waals surface area contributed by atoms with Gasteiger partial charge in [0.2, 0.25) is 0 Å². The lowest BCUT2D eigenvalue weighted by atomic mass is 10.3. The van der Waals surface area contributed by atoms with Gasteiger partial charge in [-0.05, 0) is 28.7 Å². The van der Waals surface area contributed by atoms with Gasteiger partial charge >= 0.3 is 0 Å². The van der Waals surface area contributed by atoms with Crippen molar-refractivity contribution in [2.24, 2.45) is 0 Å². The molecule has 0 heterocycles. The van der Waals surface area contributed by atoms with E-state index in [4.69, 9.17) is 22.1 Å². The van der Waals surface area contributed by atoms with Crippen LogP contribution >= 0.6 is 34.2 Å². The minimum Gasteiger partial charge on any atom is -0.497 e. The summed E-state index contributed by atoms with van der Waals surface area (Å²) in [5.41, 5.74) is 6.13. The van der Waals surface area contributed by atoms with Gasteiger partial charge in [-0.1, -0.05) is 11.6 Å². The summed E-state index contributed by atoms with van der Waals surface area (Å²) in [7, 11) is 1.60. The third kappa shape index (κ3) is 1.90. The average molecular weight is 283 g/mol. The van der Waals surface area contributed by atoms with E-state index < -0.39 is 0 Å². The van der Waals surface area contributed by atoms with Gasteiger partial charge in [-0.3, -0.25) is 0 Å². The summed E-state index contributed by atoms with van der Waals surface area (Å²) in [4.78, 5) is 0. The van der Waals surface area contributed by atoms with Gasteiger partial charge in [0.1, 0.15) is 5.75 Å². The van der Waals surface area contributed by atoms with Crippen molar-refractivity contribution < 1.29 is 4.74 Å². The van der Waals surface area contributed by atoms with Crippen molar-refractivity contribution in [1.82, 2.24) is 0 Å². The van der Waals surface area contributed by atoms with Gasteiger partial charge in [-0.25, -0.2) is 0 Å². The van der Waals surface area contributed by atoms with Gasteiger partial charge in [0.15, 0.2) is 0 Å².